The van der Waals surface area contributed by atoms with Crippen molar-refractivity contribution in [1.82, 2.24) is 4.72 Å². The molecule has 0 aliphatic rings. The molecule has 3 nitrogen and oxygen atoms in total. The molecule has 0 amide bonds. The zero-order valence-electron chi connectivity index (χ0n) is 10.9. The molecule has 0 aliphatic carbocycles. The molecule has 0 fully saturated rings. The van der Waals surface area contributed by atoms with Gasteiger partial charge in [-0.2, -0.15) is 0 Å². The fourth-order valence-corrected chi connectivity index (χ4v) is 4.23. The van der Waals surface area contributed by atoms with Gasteiger partial charge in [-0.1, -0.05) is 38.1 Å². The molecule has 102 valence electrons. The summed E-state index contributed by atoms with van der Waals surface area (Å²) < 4.78 is 27.5. The molecule has 19 heavy (non-hydrogen) atoms. The molecule has 0 spiro atoms. The van der Waals surface area contributed by atoms with E-state index in [0.29, 0.717) is 4.90 Å². The molecule has 2 aromatic rings. The van der Waals surface area contributed by atoms with Crippen molar-refractivity contribution in [2.24, 2.45) is 5.92 Å². The minimum absolute atomic E-state index is 0.190. The average molecular weight is 295 g/mol. The predicted octanol–water partition coefficient (Wildman–Crippen LogP) is 3.42. The van der Waals surface area contributed by atoms with Crippen LogP contribution in [0.4, 0.5) is 0 Å². The molecular weight excluding hydrogens is 278 g/mol. The minimum Gasteiger partial charge on any atom is -0.207 e. The van der Waals surface area contributed by atoms with Gasteiger partial charge in [-0.05, 0) is 29.5 Å². The van der Waals surface area contributed by atoms with Crippen LogP contribution in [0.3, 0.4) is 0 Å². The van der Waals surface area contributed by atoms with Crippen molar-refractivity contribution >= 4 is 21.4 Å². The highest BCUT2D eigenvalue weighted by atomic mass is 32.2. The highest BCUT2D eigenvalue weighted by Gasteiger charge is 2.24. The Morgan fingerprint density at radius 2 is 1.74 bits per heavy atom. The zero-order valence-corrected chi connectivity index (χ0v) is 12.5. The summed E-state index contributed by atoms with van der Waals surface area (Å²) in [5.74, 6) is 0.192. The van der Waals surface area contributed by atoms with Gasteiger partial charge in [0.05, 0.1) is 10.9 Å². The Morgan fingerprint density at radius 3 is 2.26 bits per heavy atom. The highest BCUT2D eigenvalue weighted by molar-refractivity contribution is 7.89. The minimum atomic E-state index is -3.47. The smallest absolute Gasteiger partial charge is 0.207 e. The van der Waals surface area contributed by atoms with E-state index in [1.165, 1.54) is 0 Å². The monoisotopic (exact) mass is 295 g/mol. The lowest BCUT2D eigenvalue weighted by Crippen LogP contribution is -2.31. The first-order valence-electron chi connectivity index (χ1n) is 6.11. The molecule has 0 radical (unpaired) electrons. The molecule has 1 aromatic carbocycles. The van der Waals surface area contributed by atoms with Gasteiger partial charge in [0.1, 0.15) is 0 Å². The van der Waals surface area contributed by atoms with Crippen molar-refractivity contribution in [3.05, 3.63) is 52.7 Å². The standard InChI is InChI=1S/C14H17NO2S2/c1-11(2)14(13-9-6-10-18-13)15-19(16,17)12-7-4-3-5-8-12/h3-11,14-15H,1-2H3. The fraction of sp³-hybridized carbons (Fsp3) is 0.286. The molecular formula is C14H17NO2S2. The quantitative estimate of drug-likeness (QED) is 0.918. The molecule has 5 heteroatoms. The van der Waals surface area contributed by atoms with Crippen molar-refractivity contribution in [3.8, 4) is 0 Å². The summed E-state index contributed by atoms with van der Waals surface area (Å²) in [6, 6.07) is 12.2. The summed E-state index contributed by atoms with van der Waals surface area (Å²) in [4.78, 5) is 1.34. The first-order valence-corrected chi connectivity index (χ1v) is 8.48. The Hall–Kier alpha value is -1.17. The maximum absolute atomic E-state index is 12.3. The Bertz CT molecular complexity index is 604. The summed E-state index contributed by atoms with van der Waals surface area (Å²) in [5.41, 5.74) is 0. The van der Waals surface area contributed by atoms with Crippen molar-refractivity contribution in [2.45, 2.75) is 24.8 Å². The molecule has 1 atom stereocenters. The number of hydrogen-bond donors (Lipinski definition) is 1. The first kappa shape index (κ1) is 14.2. The van der Waals surface area contributed by atoms with Crippen molar-refractivity contribution in [3.63, 3.8) is 0 Å². The van der Waals surface area contributed by atoms with E-state index in [2.05, 4.69) is 4.72 Å². The molecule has 2 rings (SSSR count). The second kappa shape index (κ2) is 5.86. The predicted molar refractivity (Wildman–Crippen MR) is 78.7 cm³/mol. The summed E-state index contributed by atoms with van der Waals surface area (Å²) in [6.07, 6.45) is 0. The van der Waals surface area contributed by atoms with Crippen LogP contribution < -0.4 is 4.72 Å². The van der Waals surface area contributed by atoms with Crippen LogP contribution in [0.2, 0.25) is 0 Å². The van der Waals surface area contributed by atoms with Crippen LogP contribution in [0.5, 0.6) is 0 Å². The Balaban J connectivity index is 2.28. The average Bonchev–Trinajstić information content (AvgIpc) is 2.90. The number of sulfonamides is 1. The normalized spacial score (nSPS) is 13.6. The van der Waals surface area contributed by atoms with Crippen molar-refractivity contribution in [2.75, 3.05) is 0 Å². The molecule has 0 aliphatic heterocycles. The van der Waals surface area contributed by atoms with Crippen LogP contribution >= 0.6 is 11.3 Å². The van der Waals surface area contributed by atoms with Gasteiger partial charge in [-0.25, -0.2) is 13.1 Å². The molecule has 1 N–H and O–H groups in total. The number of hydrogen-bond acceptors (Lipinski definition) is 3. The Kier molecular flexibility index (Phi) is 4.39. The summed E-state index contributed by atoms with van der Waals surface area (Å²) in [5, 5.41) is 1.96. The van der Waals surface area contributed by atoms with E-state index >= 15 is 0 Å². The number of nitrogens with one attached hydrogen (secondary N) is 1. The number of rotatable bonds is 5. The number of benzene rings is 1. The van der Waals surface area contributed by atoms with Gasteiger partial charge in [0.15, 0.2) is 0 Å². The van der Waals surface area contributed by atoms with Gasteiger partial charge in [0.25, 0.3) is 0 Å². The van der Waals surface area contributed by atoms with Crippen molar-refractivity contribution in [1.29, 1.82) is 0 Å². The Labute approximate surface area is 118 Å². The molecule has 0 bridgehead atoms. The van der Waals surface area contributed by atoms with Gasteiger partial charge in [0.2, 0.25) is 10.0 Å². The molecule has 1 heterocycles. The van der Waals surface area contributed by atoms with Gasteiger partial charge in [-0.15, -0.1) is 11.3 Å². The van der Waals surface area contributed by atoms with Gasteiger partial charge < -0.3 is 0 Å². The van der Waals surface area contributed by atoms with E-state index in [1.807, 2.05) is 31.4 Å². The van der Waals surface area contributed by atoms with Crippen molar-refractivity contribution < 1.29 is 8.42 Å². The van der Waals surface area contributed by atoms with Crippen LogP contribution in [-0.4, -0.2) is 8.42 Å². The number of thiophene rings is 1. The third kappa shape index (κ3) is 3.43. The lowest BCUT2D eigenvalue weighted by Gasteiger charge is -2.21. The van der Waals surface area contributed by atoms with E-state index in [0.717, 1.165) is 4.88 Å². The van der Waals surface area contributed by atoms with E-state index in [-0.39, 0.29) is 12.0 Å². The van der Waals surface area contributed by atoms with Gasteiger partial charge >= 0.3 is 0 Å². The van der Waals surface area contributed by atoms with Crippen LogP contribution in [0, 0.1) is 5.92 Å². The molecule has 1 aromatic heterocycles. The zero-order chi connectivity index (χ0) is 13.9. The summed E-state index contributed by atoms with van der Waals surface area (Å²) in [6.45, 7) is 4.02. The molecule has 1 unspecified atom stereocenters. The van der Waals surface area contributed by atoms with E-state index in [9.17, 15) is 8.42 Å². The van der Waals surface area contributed by atoms with Crippen LogP contribution in [-0.2, 0) is 10.0 Å². The third-order valence-electron chi connectivity index (χ3n) is 2.85. The maximum atomic E-state index is 12.3. The molecule has 0 saturated heterocycles. The van der Waals surface area contributed by atoms with Crippen LogP contribution in [0.1, 0.15) is 24.8 Å². The first-order chi connectivity index (χ1) is 9.00. The van der Waals surface area contributed by atoms with E-state index in [1.54, 1.807) is 41.7 Å². The second-order valence-electron chi connectivity index (χ2n) is 4.67. The summed E-state index contributed by atoms with van der Waals surface area (Å²) in [7, 11) is -3.47. The topological polar surface area (TPSA) is 46.2 Å². The summed E-state index contributed by atoms with van der Waals surface area (Å²) >= 11 is 1.57. The molecule has 0 saturated carbocycles. The fourth-order valence-electron chi connectivity index (χ4n) is 1.83. The largest absolute Gasteiger partial charge is 0.241 e. The van der Waals surface area contributed by atoms with E-state index in [4.69, 9.17) is 0 Å². The lowest BCUT2D eigenvalue weighted by atomic mass is 10.0. The Morgan fingerprint density at radius 1 is 1.05 bits per heavy atom. The van der Waals surface area contributed by atoms with E-state index < -0.39 is 10.0 Å². The van der Waals surface area contributed by atoms with Gasteiger partial charge in [-0.3, -0.25) is 0 Å². The SMILES string of the molecule is CC(C)C(NS(=O)(=O)c1ccccc1)c1cccs1. The lowest BCUT2D eigenvalue weighted by molar-refractivity contribution is 0.469. The van der Waals surface area contributed by atoms with Crippen LogP contribution in [0.25, 0.3) is 0 Å². The highest BCUT2D eigenvalue weighted by Crippen LogP contribution is 2.27. The van der Waals surface area contributed by atoms with Crippen LogP contribution in [0.15, 0.2) is 52.7 Å². The third-order valence-corrected chi connectivity index (χ3v) is 5.26. The second-order valence-corrected chi connectivity index (χ2v) is 7.36. The maximum Gasteiger partial charge on any atom is 0.241 e. The van der Waals surface area contributed by atoms with Gasteiger partial charge in [0, 0.05) is 4.88 Å².